The molecule has 0 saturated heterocycles. The van der Waals surface area contributed by atoms with Crippen molar-refractivity contribution in [2.45, 2.75) is 38.1 Å². The predicted octanol–water partition coefficient (Wildman–Crippen LogP) is 4.68. The molecule has 2 aliphatic carbocycles. The Kier molecular flexibility index (Phi) is 4.19. The molecule has 7 nitrogen and oxygen atoms in total. The summed E-state index contributed by atoms with van der Waals surface area (Å²) in [6.07, 6.45) is 7.12. The van der Waals surface area contributed by atoms with E-state index in [0.29, 0.717) is 0 Å². The predicted molar refractivity (Wildman–Crippen MR) is 120 cm³/mol. The molecule has 7 rings (SSSR count). The molecule has 2 aromatic rings. The molecule has 2 fully saturated rings. The molecule has 3 aliphatic heterocycles. The first-order chi connectivity index (χ1) is 16.2. The maximum absolute atomic E-state index is 13.3. The molecule has 0 spiro atoms. The van der Waals surface area contributed by atoms with Gasteiger partial charge in [-0.15, -0.1) is 0 Å². The van der Waals surface area contributed by atoms with Crippen molar-refractivity contribution in [3.05, 3.63) is 53.1 Å². The first-order valence-electron chi connectivity index (χ1n) is 11.7. The van der Waals surface area contributed by atoms with Crippen LogP contribution in [0, 0.1) is 11.8 Å². The average molecular weight is 444 g/mol. The topological polar surface area (TPSA) is 69.6 Å². The molecule has 2 atom stereocenters. The molecule has 3 heterocycles. The fourth-order valence-electron chi connectivity index (χ4n) is 5.33. The minimum absolute atomic E-state index is 0.104. The standard InChI is InChI=1S/C26H24N2O5/c29-26(16-5-6-16)28-25(18-7-9-21-23(12-18)33-14-31-21)19-3-1-2-17(24(19)27-28)10-15-4-8-20-22(11-15)32-13-30-20/h4,7-12,16,19,25H,1-3,5-6,13-14H2/b17-10-. The van der Waals surface area contributed by atoms with Gasteiger partial charge in [-0.25, -0.2) is 5.01 Å². The van der Waals surface area contributed by atoms with Crippen molar-refractivity contribution < 1.29 is 23.7 Å². The van der Waals surface area contributed by atoms with Crippen molar-refractivity contribution in [2.75, 3.05) is 13.6 Å². The van der Waals surface area contributed by atoms with E-state index in [4.69, 9.17) is 24.0 Å². The van der Waals surface area contributed by atoms with Gasteiger partial charge in [0.2, 0.25) is 19.5 Å². The molecule has 7 heteroatoms. The third-order valence-corrected chi connectivity index (χ3v) is 7.13. The Morgan fingerprint density at radius 3 is 2.42 bits per heavy atom. The normalized spacial score (nSPS) is 25.9. The number of carbonyl (C=O) groups excluding carboxylic acids is 1. The molecule has 0 radical (unpaired) electrons. The van der Waals surface area contributed by atoms with Crippen LogP contribution in [0.2, 0.25) is 0 Å². The molecular formula is C26H24N2O5. The molecule has 0 aromatic heterocycles. The lowest BCUT2D eigenvalue weighted by atomic mass is 9.77. The number of allylic oxidation sites excluding steroid dienone is 1. The monoisotopic (exact) mass is 444 g/mol. The van der Waals surface area contributed by atoms with Gasteiger partial charge in [0.05, 0.1) is 11.8 Å². The van der Waals surface area contributed by atoms with E-state index in [1.54, 1.807) is 5.01 Å². The molecule has 2 unspecified atom stereocenters. The minimum atomic E-state index is -0.108. The molecule has 33 heavy (non-hydrogen) atoms. The van der Waals surface area contributed by atoms with Gasteiger partial charge in [0, 0.05) is 11.8 Å². The number of fused-ring (bicyclic) bond motifs is 3. The summed E-state index contributed by atoms with van der Waals surface area (Å²) in [7, 11) is 0. The number of hydrogen-bond donors (Lipinski definition) is 0. The van der Waals surface area contributed by atoms with Crippen LogP contribution < -0.4 is 18.9 Å². The number of rotatable bonds is 3. The lowest BCUT2D eigenvalue weighted by Gasteiger charge is -2.29. The van der Waals surface area contributed by atoms with Gasteiger partial charge in [-0.3, -0.25) is 4.79 Å². The SMILES string of the molecule is O=C(C1CC1)N1N=C2/C(=C\c3ccc4c(c3)OCO4)CCCC2C1c1ccc2c(c1)OCO2. The second kappa shape index (κ2) is 7.27. The highest BCUT2D eigenvalue weighted by molar-refractivity contribution is 6.08. The van der Waals surface area contributed by atoms with E-state index < -0.39 is 0 Å². The Hall–Kier alpha value is -3.48. The lowest BCUT2D eigenvalue weighted by molar-refractivity contribution is -0.135. The summed E-state index contributed by atoms with van der Waals surface area (Å²) in [5.74, 6) is 3.46. The first-order valence-corrected chi connectivity index (χ1v) is 11.7. The molecular weight excluding hydrogens is 420 g/mol. The highest BCUT2D eigenvalue weighted by atomic mass is 16.7. The number of hydrazone groups is 1. The van der Waals surface area contributed by atoms with Gasteiger partial charge in [0.15, 0.2) is 23.0 Å². The van der Waals surface area contributed by atoms with E-state index in [2.05, 4.69) is 12.1 Å². The third kappa shape index (κ3) is 3.17. The number of amides is 1. The van der Waals surface area contributed by atoms with Crippen LogP contribution in [0.1, 0.15) is 49.3 Å². The molecule has 2 saturated carbocycles. The Balaban J connectivity index is 1.27. The minimum Gasteiger partial charge on any atom is -0.454 e. The van der Waals surface area contributed by atoms with Crippen molar-refractivity contribution in [3.8, 4) is 23.0 Å². The highest BCUT2D eigenvalue weighted by Crippen LogP contribution is 2.48. The molecule has 168 valence electrons. The van der Waals surface area contributed by atoms with E-state index in [1.165, 1.54) is 5.57 Å². The Bertz CT molecular complexity index is 1220. The van der Waals surface area contributed by atoms with Crippen LogP contribution in [0.15, 0.2) is 47.1 Å². The maximum Gasteiger partial charge on any atom is 0.246 e. The molecule has 0 N–H and O–H groups in total. The van der Waals surface area contributed by atoms with Crippen LogP contribution in [0.3, 0.4) is 0 Å². The number of ether oxygens (including phenoxy) is 4. The average Bonchev–Trinajstić information content (AvgIpc) is 3.23. The fraction of sp³-hybridized carbons (Fsp3) is 0.385. The van der Waals surface area contributed by atoms with Crippen LogP contribution in [0.25, 0.3) is 6.08 Å². The second-order valence-corrected chi connectivity index (χ2v) is 9.28. The zero-order valence-corrected chi connectivity index (χ0v) is 18.2. The Morgan fingerprint density at radius 2 is 1.64 bits per heavy atom. The van der Waals surface area contributed by atoms with E-state index in [-0.39, 0.29) is 37.4 Å². The van der Waals surface area contributed by atoms with Gasteiger partial charge in [-0.05, 0) is 79.1 Å². The summed E-state index contributed by atoms with van der Waals surface area (Å²) in [6.45, 7) is 0.501. The van der Waals surface area contributed by atoms with Crippen molar-refractivity contribution in [1.29, 1.82) is 0 Å². The van der Waals surface area contributed by atoms with E-state index >= 15 is 0 Å². The van der Waals surface area contributed by atoms with Gasteiger partial charge in [0.25, 0.3) is 0 Å². The van der Waals surface area contributed by atoms with E-state index in [0.717, 1.165) is 71.9 Å². The van der Waals surface area contributed by atoms with E-state index in [9.17, 15) is 4.79 Å². The summed E-state index contributed by atoms with van der Waals surface area (Å²) < 4.78 is 22.1. The summed E-state index contributed by atoms with van der Waals surface area (Å²) >= 11 is 0. The maximum atomic E-state index is 13.3. The van der Waals surface area contributed by atoms with Crippen LogP contribution in [0.5, 0.6) is 23.0 Å². The highest BCUT2D eigenvalue weighted by Gasteiger charge is 2.47. The van der Waals surface area contributed by atoms with Gasteiger partial charge in [0.1, 0.15) is 0 Å². The first kappa shape index (κ1) is 19.0. The zero-order valence-electron chi connectivity index (χ0n) is 18.2. The van der Waals surface area contributed by atoms with Crippen LogP contribution in [-0.4, -0.2) is 30.2 Å². The van der Waals surface area contributed by atoms with Gasteiger partial charge < -0.3 is 18.9 Å². The second-order valence-electron chi connectivity index (χ2n) is 9.28. The number of hydrogen-bond acceptors (Lipinski definition) is 6. The van der Waals surface area contributed by atoms with Gasteiger partial charge >= 0.3 is 0 Å². The van der Waals surface area contributed by atoms with E-state index in [1.807, 2.05) is 30.3 Å². The zero-order chi connectivity index (χ0) is 21.9. The van der Waals surface area contributed by atoms with Crippen molar-refractivity contribution in [3.63, 3.8) is 0 Å². The Labute approximate surface area is 191 Å². The van der Waals surface area contributed by atoms with Crippen molar-refractivity contribution in [1.82, 2.24) is 5.01 Å². The quantitative estimate of drug-likeness (QED) is 0.688. The number of carbonyl (C=O) groups is 1. The number of nitrogens with zero attached hydrogens (tertiary/aromatic N) is 2. The van der Waals surface area contributed by atoms with Crippen LogP contribution in [-0.2, 0) is 4.79 Å². The Morgan fingerprint density at radius 1 is 0.909 bits per heavy atom. The largest absolute Gasteiger partial charge is 0.454 e. The smallest absolute Gasteiger partial charge is 0.246 e. The summed E-state index contributed by atoms with van der Waals surface area (Å²) in [4.78, 5) is 13.3. The lowest BCUT2D eigenvalue weighted by Crippen LogP contribution is -2.32. The molecule has 2 aromatic carbocycles. The molecule has 1 amide bonds. The fourth-order valence-corrected chi connectivity index (χ4v) is 5.33. The summed E-state index contributed by atoms with van der Waals surface area (Å²) in [6, 6.07) is 11.9. The van der Waals surface area contributed by atoms with Gasteiger partial charge in [-0.1, -0.05) is 12.1 Å². The van der Waals surface area contributed by atoms with Crippen LogP contribution >= 0.6 is 0 Å². The van der Waals surface area contributed by atoms with Crippen molar-refractivity contribution in [2.24, 2.45) is 16.9 Å². The van der Waals surface area contributed by atoms with Gasteiger partial charge in [-0.2, -0.15) is 5.10 Å². The van der Waals surface area contributed by atoms with Crippen molar-refractivity contribution >= 4 is 17.7 Å². The molecule has 5 aliphatic rings. The van der Waals surface area contributed by atoms with Crippen LogP contribution in [0.4, 0.5) is 0 Å². The summed E-state index contributed by atoms with van der Waals surface area (Å²) in [5, 5.41) is 6.75. The molecule has 0 bridgehead atoms. The summed E-state index contributed by atoms with van der Waals surface area (Å²) in [5.41, 5.74) is 4.35. The number of benzene rings is 2. The third-order valence-electron chi connectivity index (χ3n) is 7.13.